The van der Waals surface area contributed by atoms with Gasteiger partial charge < -0.3 is 10.6 Å². The van der Waals surface area contributed by atoms with Crippen LogP contribution in [0.15, 0.2) is 30.3 Å². The second-order valence-corrected chi connectivity index (χ2v) is 10.2. The van der Waals surface area contributed by atoms with E-state index in [0.717, 1.165) is 51.1 Å². The van der Waals surface area contributed by atoms with Gasteiger partial charge in [-0.25, -0.2) is 0 Å². The number of carbonyl (C=O) groups is 1. The highest BCUT2D eigenvalue weighted by Crippen LogP contribution is 2.70. The third kappa shape index (κ3) is 2.62. The smallest absolute Gasteiger partial charge is 0.226 e. The van der Waals surface area contributed by atoms with Gasteiger partial charge in [-0.15, -0.1) is 0 Å². The summed E-state index contributed by atoms with van der Waals surface area (Å²) in [6.45, 7) is 4.53. The SMILES string of the molecule is CC12CC3CC(C(=O)NC4CCNCC4)(C1)CC(c1ccccc1)(C3)C2. The van der Waals surface area contributed by atoms with Gasteiger partial charge in [0.15, 0.2) is 0 Å². The summed E-state index contributed by atoms with van der Waals surface area (Å²) in [5.41, 5.74) is 1.91. The molecule has 4 bridgehead atoms. The molecule has 3 heteroatoms. The molecule has 1 saturated heterocycles. The lowest BCUT2D eigenvalue weighted by Crippen LogP contribution is -2.63. The molecule has 1 heterocycles. The maximum absolute atomic E-state index is 13.5. The summed E-state index contributed by atoms with van der Waals surface area (Å²) >= 11 is 0. The fourth-order valence-electron chi connectivity index (χ4n) is 7.59. The molecule has 5 aliphatic rings. The average molecular weight is 353 g/mol. The molecule has 1 amide bonds. The summed E-state index contributed by atoms with van der Waals surface area (Å²) in [7, 11) is 0. The van der Waals surface area contributed by atoms with Gasteiger partial charge in [-0.05, 0) is 86.8 Å². The molecule has 0 radical (unpaired) electrons. The number of nitrogens with one attached hydrogen (secondary N) is 2. The van der Waals surface area contributed by atoms with Crippen LogP contribution in [0.1, 0.15) is 63.9 Å². The normalized spacial score (nSPS) is 42.0. The Balaban J connectivity index is 1.46. The van der Waals surface area contributed by atoms with Crippen LogP contribution in [0.2, 0.25) is 0 Å². The average Bonchev–Trinajstić information content (AvgIpc) is 2.61. The van der Waals surface area contributed by atoms with E-state index in [2.05, 4.69) is 47.9 Å². The zero-order valence-corrected chi connectivity index (χ0v) is 16.0. The Hall–Kier alpha value is -1.35. The standard InChI is InChI=1S/C23H32N2O/c1-21-11-17-12-22(14-21,18-5-3-2-4-6-18)16-23(13-17,15-21)20(26)25-19-7-9-24-10-8-19/h2-6,17,19,24H,7-16H2,1H3,(H,25,26). The van der Waals surface area contributed by atoms with Crippen LogP contribution < -0.4 is 10.6 Å². The van der Waals surface area contributed by atoms with E-state index in [1.165, 1.54) is 24.8 Å². The summed E-state index contributed by atoms with van der Waals surface area (Å²) < 4.78 is 0. The van der Waals surface area contributed by atoms with Gasteiger partial charge in [-0.2, -0.15) is 0 Å². The molecule has 1 aromatic carbocycles. The number of piperidine rings is 1. The lowest BCUT2D eigenvalue weighted by Gasteiger charge is -2.65. The fourth-order valence-corrected chi connectivity index (χ4v) is 7.59. The van der Waals surface area contributed by atoms with Crippen molar-refractivity contribution < 1.29 is 4.79 Å². The maximum Gasteiger partial charge on any atom is 0.226 e. The van der Waals surface area contributed by atoms with E-state index in [4.69, 9.17) is 0 Å². The molecule has 3 nitrogen and oxygen atoms in total. The van der Waals surface area contributed by atoms with Crippen molar-refractivity contribution in [2.45, 2.75) is 69.7 Å². The quantitative estimate of drug-likeness (QED) is 0.869. The van der Waals surface area contributed by atoms with Crippen molar-refractivity contribution in [2.24, 2.45) is 16.7 Å². The van der Waals surface area contributed by atoms with Crippen LogP contribution in [-0.2, 0) is 10.2 Å². The van der Waals surface area contributed by atoms with E-state index in [1.54, 1.807) is 0 Å². The van der Waals surface area contributed by atoms with E-state index in [0.29, 0.717) is 17.4 Å². The van der Waals surface area contributed by atoms with Gasteiger partial charge >= 0.3 is 0 Å². The van der Waals surface area contributed by atoms with Crippen molar-refractivity contribution >= 4 is 5.91 Å². The van der Waals surface area contributed by atoms with Crippen LogP contribution in [0.25, 0.3) is 0 Å². The van der Waals surface area contributed by atoms with Crippen LogP contribution in [0, 0.1) is 16.7 Å². The predicted molar refractivity (Wildman–Crippen MR) is 104 cm³/mol. The molecule has 140 valence electrons. The molecule has 6 rings (SSSR count). The fraction of sp³-hybridized carbons (Fsp3) is 0.696. The lowest BCUT2D eigenvalue weighted by molar-refractivity contribution is -0.161. The highest BCUT2D eigenvalue weighted by atomic mass is 16.2. The van der Waals surface area contributed by atoms with Crippen LogP contribution in [0.3, 0.4) is 0 Å². The van der Waals surface area contributed by atoms with Crippen molar-refractivity contribution in [2.75, 3.05) is 13.1 Å². The second kappa shape index (κ2) is 5.82. The van der Waals surface area contributed by atoms with Crippen molar-refractivity contribution in [1.82, 2.24) is 10.6 Å². The van der Waals surface area contributed by atoms with E-state index in [1.807, 2.05) is 0 Å². The third-order valence-corrected chi connectivity index (χ3v) is 7.89. The minimum Gasteiger partial charge on any atom is -0.353 e. The summed E-state index contributed by atoms with van der Waals surface area (Å²) in [6, 6.07) is 11.5. The first kappa shape index (κ1) is 16.8. The molecule has 5 fully saturated rings. The van der Waals surface area contributed by atoms with E-state index >= 15 is 0 Å². The number of amides is 1. The monoisotopic (exact) mass is 352 g/mol. The van der Waals surface area contributed by atoms with Gasteiger partial charge in [-0.1, -0.05) is 37.3 Å². The molecule has 0 aromatic heterocycles. The first-order valence-corrected chi connectivity index (χ1v) is 10.6. The third-order valence-electron chi connectivity index (χ3n) is 7.89. The molecule has 2 N–H and O–H groups in total. The molecule has 1 aromatic rings. The zero-order chi connectivity index (χ0) is 17.8. The minimum absolute atomic E-state index is 0.130. The largest absolute Gasteiger partial charge is 0.353 e. The molecule has 4 unspecified atom stereocenters. The summed E-state index contributed by atoms with van der Waals surface area (Å²) in [4.78, 5) is 13.5. The van der Waals surface area contributed by atoms with Crippen molar-refractivity contribution in [3.8, 4) is 0 Å². The zero-order valence-electron chi connectivity index (χ0n) is 16.0. The van der Waals surface area contributed by atoms with Crippen molar-refractivity contribution in [3.05, 3.63) is 35.9 Å². The first-order valence-electron chi connectivity index (χ1n) is 10.6. The van der Waals surface area contributed by atoms with E-state index in [9.17, 15) is 4.79 Å². The van der Waals surface area contributed by atoms with Crippen LogP contribution in [0.4, 0.5) is 0 Å². The highest BCUT2D eigenvalue weighted by molar-refractivity contribution is 5.84. The molecule has 26 heavy (non-hydrogen) atoms. The second-order valence-electron chi connectivity index (χ2n) is 10.2. The first-order chi connectivity index (χ1) is 12.5. The highest BCUT2D eigenvalue weighted by Gasteiger charge is 2.64. The Kier molecular flexibility index (Phi) is 3.76. The summed E-state index contributed by atoms with van der Waals surface area (Å²) in [6.07, 6.45) is 9.31. The van der Waals surface area contributed by atoms with Crippen molar-refractivity contribution in [1.29, 1.82) is 0 Å². The number of benzene rings is 1. The van der Waals surface area contributed by atoms with Gasteiger partial charge in [0.25, 0.3) is 0 Å². The van der Waals surface area contributed by atoms with Crippen LogP contribution in [-0.4, -0.2) is 25.0 Å². The number of rotatable bonds is 3. The Morgan fingerprint density at radius 2 is 1.81 bits per heavy atom. The molecule has 4 aliphatic carbocycles. The lowest BCUT2D eigenvalue weighted by atomic mass is 9.38. The summed E-state index contributed by atoms with van der Waals surface area (Å²) in [5.74, 6) is 1.09. The molecule has 0 spiro atoms. The Morgan fingerprint density at radius 3 is 2.54 bits per heavy atom. The van der Waals surface area contributed by atoms with Crippen LogP contribution >= 0.6 is 0 Å². The van der Waals surface area contributed by atoms with E-state index in [-0.39, 0.29) is 10.8 Å². The van der Waals surface area contributed by atoms with Gasteiger partial charge in [-0.3, -0.25) is 4.79 Å². The summed E-state index contributed by atoms with van der Waals surface area (Å²) in [5, 5.41) is 6.89. The Bertz CT molecular complexity index is 697. The van der Waals surface area contributed by atoms with Gasteiger partial charge in [0.05, 0.1) is 5.41 Å². The topological polar surface area (TPSA) is 41.1 Å². The maximum atomic E-state index is 13.5. The van der Waals surface area contributed by atoms with E-state index < -0.39 is 0 Å². The molecule has 1 aliphatic heterocycles. The van der Waals surface area contributed by atoms with Gasteiger partial charge in [0.1, 0.15) is 0 Å². The molecule has 4 atom stereocenters. The molecular formula is C23H32N2O. The van der Waals surface area contributed by atoms with Crippen molar-refractivity contribution in [3.63, 3.8) is 0 Å². The van der Waals surface area contributed by atoms with Crippen LogP contribution in [0.5, 0.6) is 0 Å². The minimum atomic E-state index is -0.130. The Morgan fingerprint density at radius 1 is 1.04 bits per heavy atom. The Labute approximate surface area is 157 Å². The van der Waals surface area contributed by atoms with Gasteiger partial charge in [0.2, 0.25) is 5.91 Å². The predicted octanol–water partition coefficient (Wildman–Crippen LogP) is 3.78. The number of hydrogen-bond acceptors (Lipinski definition) is 2. The number of hydrogen-bond donors (Lipinski definition) is 2. The molecule has 4 saturated carbocycles. The number of carbonyl (C=O) groups excluding carboxylic acids is 1. The van der Waals surface area contributed by atoms with Gasteiger partial charge in [0, 0.05) is 6.04 Å². The molecular weight excluding hydrogens is 320 g/mol.